The number of hydrogen-bond acceptors (Lipinski definition) is 6. The van der Waals surface area contributed by atoms with E-state index >= 15 is 0 Å². The molecular weight excluding hydrogens is 673 g/mol. The van der Waals surface area contributed by atoms with Crippen LogP contribution in [0.4, 0.5) is 0 Å². The number of allylic oxidation sites excluding steroid dienone is 10. The van der Waals surface area contributed by atoms with Gasteiger partial charge < -0.3 is 14.2 Å². The molecular formula is C48H82O6. The first kappa shape index (κ1) is 51.1. The van der Waals surface area contributed by atoms with Crippen molar-refractivity contribution in [2.75, 3.05) is 13.2 Å². The molecule has 0 rings (SSSR count). The average molecular weight is 755 g/mol. The van der Waals surface area contributed by atoms with Crippen molar-refractivity contribution in [2.45, 2.75) is 213 Å². The van der Waals surface area contributed by atoms with E-state index in [1.807, 2.05) is 0 Å². The fourth-order valence-electron chi connectivity index (χ4n) is 5.95. The summed E-state index contributed by atoms with van der Waals surface area (Å²) >= 11 is 0. The lowest BCUT2D eigenvalue weighted by molar-refractivity contribution is -0.167. The predicted molar refractivity (Wildman–Crippen MR) is 228 cm³/mol. The van der Waals surface area contributed by atoms with Gasteiger partial charge in [-0.3, -0.25) is 14.4 Å². The van der Waals surface area contributed by atoms with Crippen LogP contribution in [-0.2, 0) is 28.6 Å². The Labute approximate surface area is 332 Å². The number of ether oxygens (including phenoxy) is 3. The Morgan fingerprint density at radius 1 is 0.389 bits per heavy atom. The number of hydrogen-bond donors (Lipinski definition) is 0. The van der Waals surface area contributed by atoms with E-state index in [2.05, 4.69) is 81.5 Å². The van der Waals surface area contributed by atoms with E-state index in [0.29, 0.717) is 19.3 Å². The van der Waals surface area contributed by atoms with Crippen LogP contribution in [0.2, 0.25) is 0 Å². The Morgan fingerprint density at radius 3 is 1.13 bits per heavy atom. The van der Waals surface area contributed by atoms with Gasteiger partial charge in [0.1, 0.15) is 13.2 Å². The highest BCUT2D eigenvalue weighted by Crippen LogP contribution is 2.14. The van der Waals surface area contributed by atoms with Gasteiger partial charge in [0, 0.05) is 19.3 Å². The molecule has 1 unspecified atom stereocenters. The molecule has 0 spiro atoms. The van der Waals surface area contributed by atoms with Crippen molar-refractivity contribution in [2.24, 2.45) is 0 Å². The topological polar surface area (TPSA) is 78.9 Å². The van der Waals surface area contributed by atoms with Crippen LogP contribution in [0.3, 0.4) is 0 Å². The number of unbranched alkanes of at least 4 members (excludes halogenated alkanes) is 18. The van der Waals surface area contributed by atoms with Gasteiger partial charge in [-0.2, -0.15) is 0 Å². The molecule has 0 bridgehead atoms. The van der Waals surface area contributed by atoms with Gasteiger partial charge >= 0.3 is 17.9 Å². The number of carbonyl (C=O) groups is 3. The third kappa shape index (κ3) is 40.3. The van der Waals surface area contributed by atoms with E-state index in [9.17, 15) is 14.4 Å². The van der Waals surface area contributed by atoms with Gasteiger partial charge in [-0.05, 0) is 57.8 Å². The zero-order valence-electron chi connectivity index (χ0n) is 35.2. The lowest BCUT2D eigenvalue weighted by Crippen LogP contribution is -2.30. The molecule has 6 nitrogen and oxygen atoms in total. The summed E-state index contributed by atoms with van der Waals surface area (Å²) in [5.74, 6) is -0.961. The molecule has 6 heteroatoms. The van der Waals surface area contributed by atoms with Crippen LogP contribution >= 0.6 is 0 Å². The SMILES string of the molecule is CC/C=C\C/C=C\C/C=C\C/C=C\C/C=C\CCCC(=O)OCC(COC(=O)CCCCCCCCC)OC(=O)CCCCCCCCCCCCCC. The zero-order valence-corrected chi connectivity index (χ0v) is 35.2. The Bertz CT molecular complexity index is 1010. The molecule has 0 amide bonds. The van der Waals surface area contributed by atoms with Gasteiger partial charge in [-0.1, -0.05) is 191 Å². The quantitative estimate of drug-likeness (QED) is 0.0269. The monoisotopic (exact) mass is 755 g/mol. The van der Waals surface area contributed by atoms with Gasteiger partial charge in [-0.25, -0.2) is 0 Å². The first-order valence-corrected chi connectivity index (χ1v) is 22.3. The van der Waals surface area contributed by atoms with E-state index in [1.54, 1.807) is 0 Å². The van der Waals surface area contributed by atoms with Crippen molar-refractivity contribution in [3.63, 3.8) is 0 Å². The van der Waals surface area contributed by atoms with Crippen molar-refractivity contribution >= 4 is 17.9 Å². The van der Waals surface area contributed by atoms with Crippen molar-refractivity contribution in [1.82, 2.24) is 0 Å². The molecule has 0 aromatic rings. The summed E-state index contributed by atoms with van der Waals surface area (Å²) in [6.45, 7) is 6.41. The zero-order chi connectivity index (χ0) is 39.4. The molecule has 54 heavy (non-hydrogen) atoms. The second-order valence-corrected chi connectivity index (χ2v) is 14.6. The molecule has 0 heterocycles. The highest BCUT2D eigenvalue weighted by atomic mass is 16.6. The maximum atomic E-state index is 12.7. The van der Waals surface area contributed by atoms with Crippen LogP contribution < -0.4 is 0 Å². The Morgan fingerprint density at radius 2 is 0.722 bits per heavy atom. The molecule has 0 aromatic carbocycles. The fraction of sp³-hybridized carbons (Fsp3) is 0.729. The largest absolute Gasteiger partial charge is 0.462 e. The van der Waals surface area contributed by atoms with Crippen LogP contribution in [0, 0.1) is 0 Å². The smallest absolute Gasteiger partial charge is 0.306 e. The summed E-state index contributed by atoms with van der Waals surface area (Å²) in [6, 6.07) is 0. The maximum absolute atomic E-state index is 12.7. The van der Waals surface area contributed by atoms with Crippen molar-refractivity contribution in [1.29, 1.82) is 0 Å². The summed E-state index contributed by atoms with van der Waals surface area (Å²) in [5, 5.41) is 0. The summed E-state index contributed by atoms with van der Waals surface area (Å²) < 4.78 is 16.6. The van der Waals surface area contributed by atoms with E-state index in [4.69, 9.17) is 14.2 Å². The Hall–Kier alpha value is -2.89. The van der Waals surface area contributed by atoms with Crippen molar-refractivity contribution in [3.8, 4) is 0 Å². The van der Waals surface area contributed by atoms with Gasteiger partial charge in [-0.15, -0.1) is 0 Å². The predicted octanol–water partition coefficient (Wildman–Crippen LogP) is 14.1. The number of carbonyl (C=O) groups excluding carboxylic acids is 3. The van der Waals surface area contributed by atoms with E-state index in [1.165, 1.54) is 83.5 Å². The molecule has 0 aliphatic heterocycles. The van der Waals surface area contributed by atoms with E-state index < -0.39 is 6.10 Å². The second kappa shape index (κ2) is 42.8. The minimum absolute atomic E-state index is 0.0904. The third-order valence-electron chi connectivity index (χ3n) is 9.29. The molecule has 0 N–H and O–H groups in total. The molecule has 1 atom stereocenters. The third-order valence-corrected chi connectivity index (χ3v) is 9.29. The van der Waals surface area contributed by atoms with Crippen molar-refractivity contribution in [3.05, 3.63) is 60.8 Å². The highest BCUT2D eigenvalue weighted by molar-refractivity contribution is 5.71. The van der Waals surface area contributed by atoms with Gasteiger partial charge in [0.2, 0.25) is 0 Å². The fourth-order valence-corrected chi connectivity index (χ4v) is 5.95. The summed E-state index contributed by atoms with van der Waals surface area (Å²) in [7, 11) is 0. The molecule has 0 saturated carbocycles. The molecule has 0 radical (unpaired) electrons. The number of esters is 3. The molecule has 0 aliphatic rings. The van der Waals surface area contributed by atoms with Gasteiger partial charge in [0.15, 0.2) is 6.10 Å². The van der Waals surface area contributed by atoms with Gasteiger partial charge in [0.05, 0.1) is 0 Å². The molecule has 0 saturated heterocycles. The summed E-state index contributed by atoms with van der Waals surface area (Å²) in [5.41, 5.74) is 0. The Kier molecular flexibility index (Phi) is 40.6. The van der Waals surface area contributed by atoms with Crippen LogP contribution in [-0.4, -0.2) is 37.2 Å². The first-order chi connectivity index (χ1) is 26.5. The molecule has 0 aromatic heterocycles. The normalized spacial score (nSPS) is 12.6. The lowest BCUT2D eigenvalue weighted by Gasteiger charge is -2.18. The van der Waals surface area contributed by atoms with Crippen LogP contribution in [0.25, 0.3) is 0 Å². The van der Waals surface area contributed by atoms with E-state index in [-0.39, 0.29) is 37.5 Å². The van der Waals surface area contributed by atoms with E-state index in [0.717, 1.165) is 77.0 Å². The molecule has 0 aliphatic carbocycles. The maximum Gasteiger partial charge on any atom is 0.306 e. The van der Waals surface area contributed by atoms with Crippen molar-refractivity contribution < 1.29 is 28.6 Å². The molecule has 0 fully saturated rings. The van der Waals surface area contributed by atoms with Gasteiger partial charge in [0.25, 0.3) is 0 Å². The minimum Gasteiger partial charge on any atom is -0.462 e. The molecule has 310 valence electrons. The Balaban J connectivity index is 4.40. The number of rotatable bonds is 39. The lowest BCUT2D eigenvalue weighted by atomic mass is 10.0. The second-order valence-electron chi connectivity index (χ2n) is 14.6. The van der Waals surface area contributed by atoms with Crippen LogP contribution in [0.1, 0.15) is 207 Å². The minimum atomic E-state index is -0.789. The van der Waals surface area contributed by atoms with Crippen LogP contribution in [0.5, 0.6) is 0 Å². The summed E-state index contributed by atoms with van der Waals surface area (Å²) in [4.78, 5) is 37.5. The van der Waals surface area contributed by atoms with Crippen LogP contribution in [0.15, 0.2) is 60.8 Å². The average Bonchev–Trinajstić information content (AvgIpc) is 3.17. The summed E-state index contributed by atoms with van der Waals surface area (Å²) in [6.07, 6.45) is 50.7. The highest BCUT2D eigenvalue weighted by Gasteiger charge is 2.19. The first-order valence-electron chi connectivity index (χ1n) is 22.3. The standard InChI is InChI=1S/C48H82O6/c1-4-7-10-13-16-18-20-22-23-24-25-26-28-29-32-35-38-41-47(50)53-44-45(43-52-46(49)40-37-34-31-15-12-9-6-3)54-48(51)42-39-36-33-30-27-21-19-17-14-11-8-5-2/h7,10,16,18,22-23,25-26,29,32,45H,4-6,8-9,11-15,17,19-21,24,27-28,30-31,33-44H2,1-3H3/b10-7-,18-16-,23-22-,26-25-,32-29-.